The number of nitrogens with zero attached hydrogens (tertiary/aromatic N) is 1. The zero-order valence-corrected chi connectivity index (χ0v) is 12.2. The van der Waals surface area contributed by atoms with E-state index < -0.39 is 26.2 Å². The average Bonchev–Trinajstić information content (AvgIpc) is 2.43. The van der Waals surface area contributed by atoms with Crippen molar-refractivity contribution in [2.45, 2.75) is 16.8 Å². The van der Waals surface area contributed by atoms with Crippen LogP contribution in [0.2, 0.25) is 0 Å². The van der Waals surface area contributed by atoms with Crippen LogP contribution in [0.5, 0.6) is 0 Å². The highest BCUT2D eigenvalue weighted by Gasteiger charge is 2.46. The summed E-state index contributed by atoms with van der Waals surface area (Å²) in [6, 6.07) is 4.26. The van der Waals surface area contributed by atoms with Crippen molar-refractivity contribution in [1.29, 1.82) is 0 Å². The molecule has 0 aliphatic rings. The first-order valence-electron chi connectivity index (χ1n) is 5.79. The molecule has 0 aliphatic heterocycles. The highest BCUT2D eigenvalue weighted by Crippen LogP contribution is 2.31. The van der Waals surface area contributed by atoms with E-state index in [9.17, 15) is 26.4 Å². The lowest BCUT2D eigenvalue weighted by Gasteiger charge is -2.19. The van der Waals surface area contributed by atoms with Crippen molar-refractivity contribution < 1.29 is 31.1 Å². The van der Waals surface area contributed by atoms with E-state index in [0.29, 0.717) is 5.69 Å². The minimum absolute atomic E-state index is 0.107. The van der Waals surface area contributed by atoms with Crippen LogP contribution in [0.4, 0.5) is 18.9 Å². The Morgan fingerprint density at radius 3 is 2.19 bits per heavy atom. The molecule has 0 atom stereocenters. The Morgan fingerprint density at radius 1 is 1.24 bits per heavy atom. The van der Waals surface area contributed by atoms with Crippen LogP contribution in [0.15, 0.2) is 29.2 Å². The molecule has 21 heavy (non-hydrogen) atoms. The molecule has 0 heterocycles. The summed E-state index contributed by atoms with van der Waals surface area (Å²) in [7, 11) is -2.47. The summed E-state index contributed by atoms with van der Waals surface area (Å²) < 4.78 is 64.0. The number of anilines is 1. The standard InChI is InChI=1S/C12H14F3NO4S/c1-16(8-7-11(17)20-2)9-3-5-10(6-4-9)21(18,19)12(13,14)15/h3-6H,7-8H2,1-2H3. The number of methoxy groups -OCH3 is 1. The molecule has 0 N–H and O–H groups in total. The first-order chi connectivity index (χ1) is 9.59. The van der Waals surface area contributed by atoms with Crippen LogP contribution in [0.1, 0.15) is 6.42 Å². The molecule has 0 saturated heterocycles. The van der Waals surface area contributed by atoms with E-state index in [1.165, 1.54) is 19.2 Å². The summed E-state index contributed by atoms with van der Waals surface area (Å²) >= 11 is 0. The van der Waals surface area contributed by atoms with Crippen LogP contribution < -0.4 is 4.90 Å². The molecule has 0 amide bonds. The van der Waals surface area contributed by atoms with Gasteiger partial charge in [-0.1, -0.05) is 0 Å². The van der Waals surface area contributed by atoms with Gasteiger partial charge >= 0.3 is 11.5 Å². The molecule has 0 spiro atoms. The van der Waals surface area contributed by atoms with Crippen molar-refractivity contribution >= 4 is 21.5 Å². The Hall–Kier alpha value is -1.77. The van der Waals surface area contributed by atoms with Crippen LogP contribution in [0.3, 0.4) is 0 Å². The molecular formula is C12H14F3NO4S. The van der Waals surface area contributed by atoms with Gasteiger partial charge in [0.1, 0.15) is 0 Å². The summed E-state index contributed by atoms with van der Waals surface area (Å²) in [5.41, 5.74) is -4.84. The predicted molar refractivity (Wildman–Crippen MR) is 69.6 cm³/mol. The van der Waals surface area contributed by atoms with Crippen molar-refractivity contribution in [1.82, 2.24) is 0 Å². The van der Waals surface area contributed by atoms with Crippen molar-refractivity contribution in [2.75, 3.05) is 25.6 Å². The number of carbonyl (C=O) groups is 1. The zero-order chi connectivity index (χ0) is 16.3. The molecule has 1 aromatic carbocycles. The van der Waals surface area contributed by atoms with Gasteiger partial charge in [-0.05, 0) is 24.3 Å². The average molecular weight is 325 g/mol. The molecule has 0 fully saturated rings. The van der Waals surface area contributed by atoms with Crippen molar-refractivity contribution in [3.8, 4) is 0 Å². The highest BCUT2D eigenvalue weighted by molar-refractivity contribution is 7.92. The van der Waals surface area contributed by atoms with Crippen molar-refractivity contribution in [2.24, 2.45) is 0 Å². The topological polar surface area (TPSA) is 63.7 Å². The lowest BCUT2D eigenvalue weighted by Crippen LogP contribution is -2.24. The van der Waals surface area contributed by atoms with Crippen LogP contribution in [-0.2, 0) is 19.4 Å². The monoisotopic (exact) mass is 325 g/mol. The van der Waals surface area contributed by atoms with Gasteiger partial charge in [0, 0.05) is 19.3 Å². The Balaban J connectivity index is 2.86. The molecular weight excluding hydrogens is 311 g/mol. The van der Waals surface area contributed by atoms with E-state index in [1.54, 1.807) is 11.9 Å². The van der Waals surface area contributed by atoms with Crippen LogP contribution in [0.25, 0.3) is 0 Å². The Bertz CT molecular complexity index is 596. The van der Waals surface area contributed by atoms with Crippen LogP contribution >= 0.6 is 0 Å². The second kappa shape index (κ2) is 6.33. The van der Waals surface area contributed by atoms with Gasteiger partial charge in [0.05, 0.1) is 18.4 Å². The Morgan fingerprint density at radius 2 is 1.76 bits per heavy atom. The van der Waals surface area contributed by atoms with E-state index in [0.717, 1.165) is 12.1 Å². The third kappa shape index (κ3) is 4.10. The first-order valence-corrected chi connectivity index (χ1v) is 7.27. The van der Waals surface area contributed by atoms with E-state index in [2.05, 4.69) is 4.74 Å². The fraction of sp³-hybridized carbons (Fsp3) is 0.417. The highest BCUT2D eigenvalue weighted by atomic mass is 32.2. The van der Waals surface area contributed by atoms with Crippen molar-refractivity contribution in [3.63, 3.8) is 0 Å². The van der Waals surface area contributed by atoms with E-state index >= 15 is 0 Å². The Labute approximate surface area is 120 Å². The quantitative estimate of drug-likeness (QED) is 0.775. The molecule has 9 heteroatoms. The number of hydrogen-bond acceptors (Lipinski definition) is 5. The number of halogens is 3. The van der Waals surface area contributed by atoms with Gasteiger partial charge in [0.15, 0.2) is 0 Å². The number of ether oxygens (including phenoxy) is 1. The summed E-state index contributed by atoms with van der Waals surface area (Å²) in [4.78, 5) is 11.8. The normalized spacial score (nSPS) is 12.0. The number of sulfone groups is 1. The summed E-state index contributed by atoms with van der Waals surface area (Å²) in [5.74, 6) is -0.418. The molecule has 0 radical (unpaired) electrons. The van der Waals surface area contributed by atoms with Gasteiger partial charge in [0.2, 0.25) is 0 Å². The number of rotatable bonds is 5. The molecule has 118 valence electrons. The molecule has 0 unspecified atom stereocenters. The lowest BCUT2D eigenvalue weighted by atomic mass is 10.3. The maximum absolute atomic E-state index is 12.4. The minimum atomic E-state index is -5.34. The maximum Gasteiger partial charge on any atom is 0.501 e. The second-order valence-corrected chi connectivity index (χ2v) is 6.13. The largest absolute Gasteiger partial charge is 0.501 e. The lowest BCUT2D eigenvalue weighted by molar-refractivity contribution is -0.140. The third-order valence-corrected chi connectivity index (χ3v) is 4.27. The van der Waals surface area contributed by atoms with Gasteiger partial charge in [-0.3, -0.25) is 4.79 Å². The Kier molecular flexibility index (Phi) is 5.21. The van der Waals surface area contributed by atoms with Gasteiger partial charge in [0.25, 0.3) is 9.84 Å². The molecule has 0 aliphatic carbocycles. The van der Waals surface area contributed by atoms with Gasteiger partial charge < -0.3 is 9.64 Å². The van der Waals surface area contributed by atoms with E-state index in [4.69, 9.17) is 0 Å². The summed E-state index contributed by atoms with van der Waals surface area (Å²) in [6.45, 7) is 0.290. The van der Waals surface area contributed by atoms with Gasteiger partial charge in [-0.15, -0.1) is 0 Å². The first kappa shape index (κ1) is 17.3. The van der Waals surface area contributed by atoms with E-state index in [1.807, 2.05) is 0 Å². The van der Waals surface area contributed by atoms with Crippen molar-refractivity contribution in [3.05, 3.63) is 24.3 Å². The molecule has 5 nitrogen and oxygen atoms in total. The van der Waals surface area contributed by atoms with E-state index in [-0.39, 0.29) is 13.0 Å². The minimum Gasteiger partial charge on any atom is -0.469 e. The fourth-order valence-corrected chi connectivity index (χ4v) is 2.27. The third-order valence-electron chi connectivity index (χ3n) is 2.77. The van der Waals surface area contributed by atoms with Crippen LogP contribution in [0, 0.1) is 0 Å². The summed E-state index contributed by atoms with van der Waals surface area (Å²) in [5, 5.41) is 0. The predicted octanol–water partition coefficient (Wildman–Crippen LogP) is 1.98. The molecule has 1 aromatic rings. The molecule has 0 aromatic heterocycles. The number of alkyl halides is 3. The molecule has 1 rings (SSSR count). The summed E-state index contributed by atoms with van der Waals surface area (Å²) in [6.07, 6.45) is 0.107. The van der Waals surface area contributed by atoms with Gasteiger partial charge in [-0.2, -0.15) is 13.2 Å². The second-order valence-electron chi connectivity index (χ2n) is 4.19. The maximum atomic E-state index is 12.4. The SMILES string of the molecule is COC(=O)CCN(C)c1ccc(S(=O)(=O)C(F)(F)F)cc1. The van der Waals surface area contributed by atoms with Crippen LogP contribution in [-0.4, -0.2) is 40.6 Å². The number of hydrogen-bond donors (Lipinski definition) is 0. The zero-order valence-electron chi connectivity index (χ0n) is 11.3. The number of benzene rings is 1. The number of carbonyl (C=O) groups excluding carboxylic acids is 1. The molecule has 0 bridgehead atoms. The number of esters is 1. The fourth-order valence-electron chi connectivity index (χ4n) is 1.50. The molecule has 0 saturated carbocycles. The smallest absolute Gasteiger partial charge is 0.469 e. The van der Waals surface area contributed by atoms with Gasteiger partial charge in [-0.25, -0.2) is 8.42 Å².